The smallest absolute Gasteiger partial charge is 0.274 e. The van der Waals surface area contributed by atoms with Gasteiger partial charge in [-0.05, 0) is 30.7 Å². The maximum Gasteiger partial charge on any atom is 0.274 e. The van der Waals surface area contributed by atoms with Crippen molar-refractivity contribution < 1.29 is 9.59 Å². The lowest BCUT2D eigenvalue weighted by Gasteiger charge is -2.08. The number of carbonyl (C=O) groups is 2. The molecule has 26 heavy (non-hydrogen) atoms. The van der Waals surface area contributed by atoms with Crippen LogP contribution in [0.1, 0.15) is 32.0 Å². The highest BCUT2D eigenvalue weighted by atomic mass is 16.2. The SMILES string of the molecule is CNC(=O)c1cccc(CNC(=O)c2cc(C)nc3c2c(=O)[nH]n3C)c1. The summed E-state index contributed by atoms with van der Waals surface area (Å²) in [6.07, 6.45) is 0. The molecule has 2 heterocycles. The molecule has 0 aliphatic carbocycles. The highest BCUT2D eigenvalue weighted by Crippen LogP contribution is 2.14. The van der Waals surface area contributed by atoms with Crippen molar-refractivity contribution in [1.82, 2.24) is 25.4 Å². The molecule has 3 aromatic rings. The first-order valence-corrected chi connectivity index (χ1v) is 8.06. The number of carbonyl (C=O) groups excluding carboxylic acids is 2. The molecule has 0 radical (unpaired) electrons. The first kappa shape index (κ1) is 17.4. The number of pyridine rings is 1. The van der Waals surface area contributed by atoms with Gasteiger partial charge in [-0.1, -0.05) is 12.1 Å². The number of H-pyrrole nitrogens is 1. The molecule has 0 saturated heterocycles. The number of nitrogens with zero attached hydrogens (tertiary/aromatic N) is 2. The van der Waals surface area contributed by atoms with Gasteiger partial charge in [0, 0.05) is 31.9 Å². The fourth-order valence-electron chi connectivity index (χ4n) is 2.81. The van der Waals surface area contributed by atoms with Crippen molar-refractivity contribution in [3.8, 4) is 0 Å². The van der Waals surface area contributed by atoms with Crippen LogP contribution in [0.15, 0.2) is 35.1 Å². The van der Waals surface area contributed by atoms with E-state index in [0.29, 0.717) is 16.9 Å². The fraction of sp³-hybridized carbons (Fsp3) is 0.222. The molecule has 0 aliphatic rings. The van der Waals surface area contributed by atoms with E-state index in [1.165, 1.54) is 4.68 Å². The number of rotatable bonds is 4. The third kappa shape index (κ3) is 3.21. The minimum absolute atomic E-state index is 0.194. The van der Waals surface area contributed by atoms with E-state index in [9.17, 15) is 14.4 Å². The molecule has 3 rings (SSSR count). The van der Waals surface area contributed by atoms with Crippen LogP contribution < -0.4 is 16.2 Å². The van der Waals surface area contributed by atoms with Gasteiger partial charge in [0.1, 0.15) is 0 Å². The summed E-state index contributed by atoms with van der Waals surface area (Å²) in [6.45, 7) is 2.00. The quantitative estimate of drug-likeness (QED) is 0.646. The van der Waals surface area contributed by atoms with Gasteiger partial charge >= 0.3 is 0 Å². The Hall–Kier alpha value is -3.42. The molecule has 0 bridgehead atoms. The Balaban J connectivity index is 1.87. The highest BCUT2D eigenvalue weighted by Gasteiger charge is 2.17. The van der Waals surface area contributed by atoms with Crippen LogP contribution in [-0.2, 0) is 13.6 Å². The third-order valence-corrected chi connectivity index (χ3v) is 4.06. The number of aryl methyl sites for hydroxylation is 2. The Morgan fingerprint density at radius 1 is 1.23 bits per heavy atom. The van der Waals surface area contributed by atoms with Gasteiger partial charge in [0.2, 0.25) is 0 Å². The van der Waals surface area contributed by atoms with E-state index >= 15 is 0 Å². The standard InChI is InChI=1S/C18H19N5O3/c1-10-7-13(14-15(21-10)23(3)22-18(14)26)17(25)20-9-11-5-4-6-12(8-11)16(24)19-2/h4-8H,9H2,1-3H3,(H,19,24)(H,20,25)(H,22,26). The van der Waals surface area contributed by atoms with Gasteiger partial charge in [-0.25, -0.2) is 4.98 Å². The second-order valence-corrected chi connectivity index (χ2v) is 5.97. The minimum atomic E-state index is -0.373. The molecule has 0 atom stereocenters. The lowest BCUT2D eigenvalue weighted by atomic mass is 10.1. The number of benzene rings is 1. The van der Waals surface area contributed by atoms with E-state index < -0.39 is 0 Å². The summed E-state index contributed by atoms with van der Waals surface area (Å²) in [7, 11) is 3.23. The number of hydrogen-bond acceptors (Lipinski definition) is 4. The molecule has 2 aromatic heterocycles. The van der Waals surface area contributed by atoms with E-state index in [1.807, 2.05) is 6.07 Å². The zero-order chi connectivity index (χ0) is 18.8. The molecule has 0 unspecified atom stereocenters. The average molecular weight is 353 g/mol. The van der Waals surface area contributed by atoms with Crippen LogP contribution in [0.3, 0.4) is 0 Å². The van der Waals surface area contributed by atoms with Gasteiger partial charge in [-0.3, -0.25) is 24.2 Å². The Bertz CT molecular complexity index is 1060. The number of aromatic amines is 1. The Morgan fingerprint density at radius 2 is 2.00 bits per heavy atom. The molecule has 8 nitrogen and oxygen atoms in total. The number of aromatic nitrogens is 3. The number of amides is 2. The van der Waals surface area contributed by atoms with Crippen LogP contribution in [0.5, 0.6) is 0 Å². The van der Waals surface area contributed by atoms with Crippen molar-refractivity contribution in [2.24, 2.45) is 7.05 Å². The van der Waals surface area contributed by atoms with Crippen molar-refractivity contribution >= 4 is 22.8 Å². The Morgan fingerprint density at radius 3 is 2.73 bits per heavy atom. The maximum absolute atomic E-state index is 12.6. The van der Waals surface area contributed by atoms with Gasteiger partial charge in [-0.15, -0.1) is 0 Å². The second kappa shape index (κ2) is 6.83. The van der Waals surface area contributed by atoms with Crippen LogP contribution in [0.4, 0.5) is 0 Å². The molecule has 0 spiro atoms. The summed E-state index contributed by atoms with van der Waals surface area (Å²) in [5, 5.41) is 8.23. The molecule has 3 N–H and O–H groups in total. The zero-order valence-corrected chi connectivity index (χ0v) is 14.7. The van der Waals surface area contributed by atoms with Gasteiger partial charge in [0.05, 0.1) is 10.9 Å². The normalized spacial score (nSPS) is 10.7. The van der Waals surface area contributed by atoms with Gasteiger partial charge in [-0.2, -0.15) is 0 Å². The molecular weight excluding hydrogens is 334 g/mol. The third-order valence-electron chi connectivity index (χ3n) is 4.06. The summed E-state index contributed by atoms with van der Waals surface area (Å²) < 4.78 is 1.49. The highest BCUT2D eigenvalue weighted by molar-refractivity contribution is 6.05. The molecule has 8 heteroatoms. The number of hydrogen-bond donors (Lipinski definition) is 3. The largest absolute Gasteiger partial charge is 0.355 e. The average Bonchev–Trinajstić information content (AvgIpc) is 2.92. The first-order chi connectivity index (χ1) is 12.4. The Labute approximate surface area is 149 Å². The topological polar surface area (TPSA) is 109 Å². The maximum atomic E-state index is 12.6. The van der Waals surface area contributed by atoms with Crippen molar-refractivity contribution in [3.63, 3.8) is 0 Å². The van der Waals surface area contributed by atoms with Crippen LogP contribution in [0.2, 0.25) is 0 Å². The van der Waals surface area contributed by atoms with Crippen molar-refractivity contribution in [2.45, 2.75) is 13.5 Å². The van der Waals surface area contributed by atoms with Crippen molar-refractivity contribution in [3.05, 3.63) is 63.1 Å². The monoisotopic (exact) mass is 353 g/mol. The first-order valence-electron chi connectivity index (χ1n) is 8.06. The van der Waals surface area contributed by atoms with Crippen LogP contribution in [0.25, 0.3) is 11.0 Å². The van der Waals surface area contributed by atoms with Gasteiger partial charge in [0.15, 0.2) is 5.65 Å². The van der Waals surface area contributed by atoms with Crippen molar-refractivity contribution in [1.29, 1.82) is 0 Å². The molecule has 0 saturated carbocycles. The van der Waals surface area contributed by atoms with Gasteiger partial charge < -0.3 is 10.6 Å². The predicted molar refractivity (Wildman–Crippen MR) is 97.1 cm³/mol. The van der Waals surface area contributed by atoms with E-state index in [1.54, 1.807) is 45.3 Å². The van der Waals surface area contributed by atoms with E-state index in [0.717, 1.165) is 5.56 Å². The van der Waals surface area contributed by atoms with Crippen molar-refractivity contribution in [2.75, 3.05) is 7.05 Å². The molecule has 0 aliphatic heterocycles. The molecule has 134 valence electrons. The van der Waals surface area contributed by atoms with E-state index in [4.69, 9.17) is 0 Å². The van der Waals surface area contributed by atoms with Crippen LogP contribution >= 0.6 is 0 Å². The van der Waals surface area contributed by atoms with Crippen LogP contribution in [0, 0.1) is 6.92 Å². The summed E-state index contributed by atoms with van der Waals surface area (Å²) in [4.78, 5) is 40.8. The second-order valence-electron chi connectivity index (χ2n) is 5.97. The fourth-order valence-corrected chi connectivity index (χ4v) is 2.81. The molecule has 1 aromatic carbocycles. The summed E-state index contributed by atoms with van der Waals surface area (Å²) in [5.74, 6) is -0.567. The number of nitrogens with one attached hydrogen (secondary N) is 3. The summed E-state index contributed by atoms with van der Waals surface area (Å²) in [6, 6.07) is 8.57. The Kier molecular flexibility index (Phi) is 4.57. The molecule has 2 amide bonds. The lowest BCUT2D eigenvalue weighted by molar-refractivity contribution is 0.0950. The summed E-state index contributed by atoms with van der Waals surface area (Å²) in [5.41, 5.74) is 2.28. The van der Waals surface area contributed by atoms with Gasteiger partial charge in [0.25, 0.3) is 17.4 Å². The van der Waals surface area contributed by atoms with Crippen LogP contribution in [-0.4, -0.2) is 33.6 Å². The molecular formula is C18H19N5O3. The summed E-state index contributed by atoms with van der Waals surface area (Å²) >= 11 is 0. The number of fused-ring (bicyclic) bond motifs is 1. The minimum Gasteiger partial charge on any atom is -0.355 e. The predicted octanol–water partition coefficient (Wildman–Crippen LogP) is 0.860. The van der Waals surface area contributed by atoms with E-state index in [-0.39, 0.29) is 34.9 Å². The van der Waals surface area contributed by atoms with E-state index in [2.05, 4.69) is 20.7 Å². The molecule has 0 fully saturated rings. The lowest BCUT2D eigenvalue weighted by Crippen LogP contribution is -2.24. The zero-order valence-electron chi connectivity index (χ0n) is 14.7.